The molecule has 0 radical (unpaired) electrons. The Labute approximate surface area is 85.9 Å². The third-order valence-electron chi connectivity index (χ3n) is 2.20. The zero-order chi connectivity index (χ0) is 11.6. The molecule has 1 aromatic carbocycles. The number of aryl methyl sites for hydroxylation is 1. The lowest BCUT2D eigenvalue weighted by atomic mass is 10.00. The Balaban J connectivity index is 3.32. The van der Waals surface area contributed by atoms with Crippen LogP contribution in [0.25, 0.3) is 0 Å². The van der Waals surface area contributed by atoms with E-state index in [4.69, 9.17) is 0 Å². The summed E-state index contributed by atoms with van der Waals surface area (Å²) < 4.78 is 37.7. The van der Waals surface area contributed by atoms with E-state index in [1.807, 2.05) is 0 Å². The summed E-state index contributed by atoms with van der Waals surface area (Å²) in [5, 5.41) is 0. The summed E-state index contributed by atoms with van der Waals surface area (Å²) in [5.41, 5.74) is -0.398. The van der Waals surface area contributed by atoms with Gasteiger partial charge in [0, 0.05) is 5.56 Å². The number of benzene rings is 1. The zero-order valence-corrected chi connectivity index (χ0v) is 8.48. The van der Waals surface area contributed by atoms with E-state index < -0.39 is 11.7 Å². The van der Waals surface area contributed by atoms with Crippen LogP contribution >= 0.6 is 0 Å². The van der Waals surface area contributed by atoms with Gasteiger partial charge in [0.1, 0.15) is 0 Å². The molecule has 15 heavy (non-hydrogen) atoms. The van der Waals surface area contributed by atoms with Gasteiger partial charge in [-0.1, -0.05) is 19.1 Å². The fourth-order valence-electron chi connectivity index (χ4n) is 1.37. The highest BCUT2D eigenvalue weighted by Gasteiger charge is 2.33. The number of hydrogen-bond donors (Lipinski definition) is 0. The molecule has 0 amide bonds. The van der Waals surface area contributed by atoms with Gasteiger partial charge in [-0.2, -0.15) is 13.2 Å². The number of Topliss-reactive ketones (excluding diaryl/α,β-unsaturated/α-hetero) is 1. The highest BCUT2D eigenvalue weighted by molar-refractivity contribution is 5.94. The average molecular weight is 216 g/mol. The van der Waals surface area contributed by atoms with E-state index in [-0.39, 0.29) is 16.9 Å². The molecule has 0 aliphatic heterocycles. The third kappa shape index (κ3) is 2.58. The number of ketones is 1. The predicted molar refractivity (Wildman–Crippen MR) is 50.8 cm³/mol. The number of hydrogen-bond acceptors (Lipinski definition) is 1. The zero-order valence-electron chi connectivity index (χ0n) is 8.48. The van der Waals surface area contributed by atoms with Crippen LogP contribution < -0.4 is 0 Å². The first kappa shape index (κ1) is 11.8. The molecule has 0 spiro atoms. The fraction of sp³-hybridized carbons (Fsp3) is 0.364. The molecular formula is C11H11F3O. The fourth-order valence-corrected chi connectivity index (χ4v) is 1.37. The van der Waals surface area contributed by atoms with Crippen molar-refractivity contribution in [1.29, 1.82) is 0 Å². The van der Waals surface area contributed by atoms with Crippen LogP contribution in [0.15, 0.2) is 18.2 Å². The lowest BCUT2D eigenvalue weighted by Crippen LogP contribution is -2.10. The Morgan fingerprint density at radius 2 is 1.93 bits per heavy atom. The van der Waals surface area contributed by atoms with Crippen molar-refractivity contribution in [3.8, 4) is 0 Å². The molecule has 4 heteroatoms. The summed E-state index contributed by atoms with van der Waals surface area (Å²) in [7, 11) is 0. The Morgan fingerprint density at radius 3 is 2.33 bits per heavy atom. The summed E-state index contributed by atoms with van der Waals surface area (Å²) in [6, 6.07) is 3.71. The molecule has 0 unspecified atom stereocenters. The van der Waals surface area contributed by atoms with E-state index in [2.05, 4.69) is 0 Å². The van der Waals surface area contributed by atoms with Gasteiger partial charge in [0.15, 0.2) is 5.78 Å². The van der Waals surface area contributed by atoms with Gasteiger partial charge in [0.25, 0.3) is 0 Å². The van der Waals surface area contributed by atoms with Gasteiger partial charge in [0.2, 0.25) is 0 Å². The number of rotatable bonds is 2. The molecule has 82 valence electrons. The SMILES string of the molecule is CCc1ccc(C(C)=O)cc1C(F)(F)F. The second-order valence-corrected chi connectivity index (χ2v) is 3.28. The van der Waals surface area contributed by atoms with Crippen molar-refractivity contribution in [2.24, 2.45) is 0 Å². The molecule has 0 saturated carbocycles. The lowest BCUT2D eigenvalue weighted by Gasteiger charge is -2.12. The molecule has 1 nitrogen and oxygen atoms in total. The number of alkyl halides is 3. The second kappa shape index (κ2) is 4.04. The number of carbonyl (C=O) groups excluding carboxylic acids is 1. The second-order valence-electron chi connectivity index (χ2n) is 3.28. The van der Waals surface area contributed by atoms with Gasteiger partial charge in [-0.3, -0.25) is 4.79 Å². The van der Waals surface area contributed by atoms with E-state index >= 15 is 0 Å². The first-order valence-electron chi connectivity index (χ1n) is 4.57. The third-order valence-corrected chi connectivity index (χ3v) is 2.20. The molecule has 0 aliphatic rings. The van der Waals surface area contributed by atoms with Gasteiger partial charge >= 0.3 is 6.18 Å². The van der Waals surface area contributed by atoms with Gasteiger partial charge < -0.3 is 0 Å². The Kier molecular flexibility index (Phi) is 3.17. The molecule has 0 N–H and O–H groups in total. The molecule has 1 rings (SSSR count). The summed E-state index contributed by atoms with van der Waals surface area (Å²) in [4.78, 5) is 11.0. The average Bonchev–Trinajstić information content (AvgIpc) is 2.15. The van der Waals surface area contributed by atoms with Crippen molar-refractivity contribution >= 4 is 5.78 Å². The predicted octanol–water partition coefficient (Wildman–Crippen LogP) is 3.47. The minimum Gasteiger partial charge on any atom is -0.295 e. The van der Waals surface area contributed by atoms with Crippen LogP contribution in [0.4, 0.5) is 13.2 Å². The van der Waals surface area contributed by atoms with E-state index in [0.29, 0.717) is 6.42 Å². The molecule has 0 saturated heterocycles. The van der Waals surface area contributed by atoms with Crippen molar-refractivity contribution < 1.29 is 18.0 Å². The molecule has 0 heterocycles. The minimum absolute atomic E-state index is 0.0968. The molecule has 0 fully saturated rings. The van der Waals surface area contributed by atoms with Crippen LogP contribution in [-0.4, -0.2) is 5.78 Å². The Morgan fingerprint density at radius 1 is 1.33 bits per heavy atom. The maximum atomic E-state index is 12.6. The molecular weight excluding hydrogens is 205 g/mol. The van der Waals surface area contributed by atoms with E-state index in [9.17, 15) is 18.0 Å². The monoisotopic (exact) mass is 216 g/mol. The van der Waals surface area contributed by atoms with Crippen LogP contribution in [0.3, 0.4) is 0 Å². The number of carbonyl (C=O) groups is 1. The summed E-state index contributed by atoms with van der Waals surface area (Å²) in [6.45, 7) is 2.90. The van der Waals surface area contributed by atoms with Gasteiger partial charge in [0.05, 0.1) is 5.56 Å². The van der Waals surface area contributed by atoms with Crippen molar-refractivity contribution in [1.82, 2.24) is 0 Å². The smallest absolute Gasteiger partial charge is 0.295 e. The van der Waals surface area contributed by atoms with Crippen molar-refractivity contribution in [3.63, 3.8) is 0 Å². The van der Waals surface area contributed by atoms with Crippen LogP contribution in [0.1, 0.15) is 35.3 Å². The maximum absolute atomic E-state index is 12.6. The molecule has 1 aromatic rings. The van der Waals surface area contributed by atoms with Gasteiger partial charge in [-0.05, 0) is 25.0 Å². The highest BCUT2D eigenvalue weighted by Crippen LogP contribution is 2.33. The Hall–Kier alpha value is -1.32. The van der Waals surface area contributed by atoms with Crippen LogP contribution in [0.5, 0.6) is 0 Å². The largest absolute Gasteiger partial charge is 0.416 e. The van der Waals surface area contributed by atoms with Gasteiger partial charge in [-0.15, -0.1) is 0 Å². The molecule has 0 atom stereocenters. The number of halogens is 3. The first-order valence-corrected chi connectivity index (χ1v) is 4.57. The van der Waals surface area contributed by atoms with Crippen LogP contribution in [0.2, 0.25) is 0 Å². The lowest BCUT2D eigenvalue weighted by molar-refractivity contribution is -0.138. The quantitative estimate of drug-likeness (QED) is 0.692. The summed E-state index contributed by atoms with van der Waals surface area (Å²) in [5.74, 6) is -0.358. The summed E-state index contributed by atoms with van der Waals surface area (Å²) in [6.07, 6.45) is -4.09. The normalized spacial score (nSPS) is 11.5. The summed E-state index contributed by atoms with van der Waals surface area (Å²) >= 11 is 0. The highest BCUT2D eigenvalue weighted by atomic mass is 19.4. The van der Waals surface area contributed by atoms with Crippen LogP contribution in [-0.2, 0) is 12.6 Å². The molecule has 0 aromatic heterocycles. The van der Waals surface area contributed by atoms with Crippen molar-refractivity contribution in [3.05, 3.63) is 34.9 Å². The van der Waals surface area contributed by atoms with Crippen molar-refractivity contribution in [2.45, 2.75) is 26.4 Å². The van der Waals surface area contributed by atoms with Crippen LogP contribution in [0, 0.1) is 0 Å². The van der Waals surface area contributed by atoms with E-state index in [1.54, 1.807) is 6.92 Å². The van der Waals surface area contributed by atoms with Gasteiger partial charge in [-0.25, -0.2) is 0 Å². The first-order chi connectivity index (χ1) is 6.86. The standard InChI is InChI=1S/C11H11F3O/c1-3-8-4-5-9(7(2)15)6-10(8)11(12,13)14/h4-6H,3H2,1-2H3. The molecule has 0 aliphatic carbocycles. The van der Waals surface area contributed by atoms with E-state index in [0.717, 1.165) is 6.07 Å². The van der Waals surface area contributed by atoms with E-state index in [1.165, 1.54) is 19.1 Å². The Bertz CT molecular complexity index is 380. The molecule has 0 bridgehead atoms. The maximum Gasteiger partial charge on any atom is 0.416 e. The topological polar surface area (TPSA) is 17.1 Å². The van der Waals surface area contributed by atoms with Crippen molar-refractivity contribution in [2.75, 3.05) is 0 Å². The minimum atomic E-state index is -4.39.